The Labute approximate surface area is 88.5 Å². The van der Waals surface area contributed by atoms with Gasteiger partial charge in [-0.1, -0.05) is 57.4 Å². The molecule has 0 unspecified atom stereocenters. The molecule has 0 bridgehead atoms. The number of ether oxygens (including phenoxy) is 1. The summed E-state index contributed by atoms with van der Waals surface area (Å²) in [5, 5.41) is 0. The van der Waals surface area contributed by atoms with E-state index in [1.807, 2.05) is 39.0 Å². The number of rotatable bonds is 6. The SMILES string of the molecule is C=C/C=C\C(=C/C=C)COCC.CC. The van der Waals surface area contributed by atoms with Crippen molar-refractivity contribution in [3.8, 4) is 0 Å². The summed E-state index contributed by atoms with van der Waals surface area (Å²) >= 11 is 0. The van der Waals surface area contributed by atoms with E-state index in [0.29, 0.717) is 6.61 Å². The van der Waals surface area contributed by atoms with Gasteiger partial charge in [-0.3, -0.25) is 0 Å². The van der Waals surface area contributed by atoms with Crippen LogP contribution < -0.4 is 0 Å². The molecule has 0 atom stereocenters. The highest BCUT2D eigenvalue weighted by atomic mass is 16.5. The van der Waals surface area contributed by atoms with Crippen LogP contribution in [0.2, 0.25) is 0 Å². The lowest BCUT2D eigenvalue weighted by atomic mass is 10.2. The molecule has 0 aromatic carbocycles. The monoisotopic (exact) mass is 194 g/mol. The third-order valence-corrected chi connectivity index (χ3v) is 1.25. The van der Waals surface area contributed by atoms with Crippen LogP contribution in [-0.2, 0) is 4.74 Å². The van der Waals surface area contributed by atoms with Gasteiger partial charge in [-0.2, -0.15) is 0 Å². The topological polar surface area (TPSA) is 9.23 Å². The van der Waals surface area contributed by atoms with Crippen LogP contribution in [0.15, 0.2) is 49.1 Å². The van der Waals surface area contributed by atoms with Gasteiger partial charge in [0.15, 0.2) is 0 Å². The highest BCUT2D eigenvalue weighted by Crippen LogP contribution is 1.98. The Morgan fingerprint density at radius 1 is 1.21 bits per heavy atom. The standard InChI is InChI=1S/C11H16O.C2H6/c1-4-7-9-11(8-5-2)10-12-6-3;1-2/h4-5,7-9H,1-2,6,10H2,3H3;1-2H3/b9-7-,11-8+;. The molecule has 1 nitrogen and oxygen atoms in total. The van der Waals surface area contributed by atoms with Crippen molar-refractivity contribution in [2.75, 3.05) is 13.2 Å². The Bertz CT molecular complexity index is 187. The molecule has 0 aliphatic heterocycles. The summed E-state index contributed by atoms with van der Waals surface area (Å²) in [5.74, 6) is 0. The van der Waals surface area contributed by atoms with E-state index in [9.17, 15) is 0 Å². The molecular formula is C13H22O. The zero-order valence-electron chi connectivity index (χ0n) is 9.62. The van der Waals surface area contributed by atoms with Crippen molar-refractivity contribution in [1.29, 1.82) is 0 Å². The summed E-state index contributed by atoms with van der Waals surface area (Å²) in [6.07, 6.45) is 9.26. The minimum atomic E-state index is 0.632. The van der Waals surface area contributed by atoms with Crippen LogP contribution in [0.4, 0.5) is 0 Å². The first-order valence-electron chi connectivity index (χ1n) is 5.03. The van der Waals surface area contributed by atoms with E-state index in [1.54, 1.807) is 12.2 Å². The minimum absolute atomic E-state index is 0.632. The minimum Gasteiger partial charge on any atom is -0.377 e. The average molecular weight is 194 g/mol. The summed E-state index contributed by atoms with van der Waals surface area (Å²) in [6, 6.07) is 0. The van der Waals surface area contributed by atoms with Gasteiger partial charge in [0.25, 0.3) is 0 Å². The predicted octanol–water partition coefficient (Wildman–Crippen LogP) is 3.90. The number of allylic oxidation sites excluding steroid dienone is 4. The first-order valence-corrected chi connectivity index (χ1v) is 5.03. The summed E-state index contributed by atoms with van der Waals surface area (Å²) in [7, 11) is 0. The van der Waals surface area contributed by atoms with Crippen molar-refractivity contribution in [2.45, 2.75) is 20.8 Å². The lowest BCUT2D eigenvalue weighted by Gasteiger charge is -2.00. The summed E-state index contributed by atoms with van der Waals surface area (Å²) in [5.41, 5.74) is 1.10. The highest BCUT2D eigenvalue weighted by molar-refractivity contribution is 5.25. The summed E-state index contributed by atoms with van der Waals surface area (Å²) in [4.78, 5) is 0. The smallest absolute Gasteiger partial charge is 0.0716 e. The van der Waals surface area contributed by atoms with E-state index in [0.717, 1.165) is 12.2 Å². The van der Waals surface area contributed by atoms with E-state index >= 15 is 0 Å². The summed E-state index contributed by atoms with van der Waals surface area (Å²) in [6.45, 7) is 14.6. The van der Waals surface area contributed by atoms with E-state index in [-0.39, 0.29) is 0 Å². The highest BCUT2D eigenvalue weighted by Gasteiger charge is 1.88. The van der Waals surface area contributed by atoms with Gasteiger partial charge in [0, 0.05) is 6.61 Å². The van der Waals surface area contributed by atoms with Crippen LogP contribution in [0.5, 0.6) is 0 Å². The van der Waals surface area contributed by atoms with Crippen molar-refractivity contribution in [3.63, 3.8) is 0 Å². The van der Waals surface area contributed by atoms with Gasteiger partial charge >= 0.3 is 0 Å². The van der Waals surface area contributed by atoms with Gasteiger partial charge in [0.2, 0.25) is 0 Å². The van der Waals surface area contributed by atoms with Crippen LogP contribution >= 0.6 is 0 Å². The Balaban J connectivity index is 0. The molecule has 1 heteroatoms. The van der Waals surface area contributed by atoms with Crippen LogP contribution in [-0.4, -0.2) is 13.2 Å². The first-order chi connectivity index (χ1) is 6.85. The third-order valence-electron chi connectivity index (χ3n) is 1.25. The second-order valence-electron chi connectivity index (χ2n) is 2.21. The Morgan fingerprint density at radius 2 is 1.86 bits per heavy atom. The van der Waals surface area contributed by atoms with Crippen LogP contribution in [0.25, 0.3) is 0 Å². The molecule has 14 heavy (non-hydrogen) atoms. The van der Waals surface area contributed by atoms with Crippen LogP contribution in [0.1, 0.15) is 20.8 Å². The Morgan fingerprint density at radius 3 is 2.29 bits per heavy atom. The maximum atomic E-state index is 5.24. The lowest BCUT2D eigenvalue weighted by molar-refractivity contribution is 0.173. The molecule has 0 aromatic rings. The maximum Gasteiger partial charge on any atom is 0.0716 e. The quantitative estimate of drug-likeness (QED) is 0.583. The molecule has 0 amide bonds. The molecule has 0 aliphatic rings. The molecule has 0 aliphatic carbocycles. The molecule has 0 spiro atoms. The van der Waals surface area contributed by atoms with Crippen LogP contribution in [0, 0.1) is 0 Å². The molecular weight excluding hydrogens is 172 g/mol. The van der Waals surface area contributed by atoms with Crippen molar-refractivity contribution >= 4 is 0 Å². The summed E-state index contributed by atoms with van der Waals surface area (Å²) < 4.78 is 5.24. The Hall–Kier alpha value is -1.08. The predicted molar refractivity (Wildman–Crippen MR) is 65.5 cm³/mol. The fourth-order valence-corrected chi connectivity index (χ4v) is 0.715. The van der Waals surface area contributed by atoms with Gasteiger partial charge in [0.1, 0.15) is 0 Å². The van der Waals surface area contributed by atoms with Gasteiger partial charge in [-0.25, -0.2) is 0 Å². The van der Waals surface area contributed by atoms with Crippen molar-refractivity contribution in [2.24, 2.45) is 0 Å². The molecule has 0 aromatic heterocycles. The average Bonchev–Trinajstić information content (AvgIpc) is 2.25. The maximum absolute atomic E-state index is 5.24. The van der Waals surface area contributed by atoms with E-state index in [4.69, 9.17) is 4.74 Å². The van der Waals surface area contributed by atoms with Gasteiger partial charge in [0.05, 0.1) is 6.61 Å². The van der Waals surface area contributed by atoms with Crippen molar-refractivity contribution in [3.05, 3.63) is 49.1 Å². The number of hydrogen-bond acceptors (Lipinski definition) is 1. The third kappa shape index (κ3) is 10.9. The second-order valence-corrected chi connectivity index (χ2v) is 2.21. The van der Waals surface area contributed by atoms with Crippen molar-refractivity contribution in [1.82, 2.24) is 0 Å². The van der Waals surface area contributed by atoms with Gasteiger partial charge in [-0.05, 0) is 12.5 Å². The van der Waals surface area contributed by atoms with E-state index in [1.165, 1.54) is 0 Å². The largest absolute Gasteiger partial charge is 0.377 e. The zero-order chi connectivity index (χ0) is 11.2. The lowest BCUT2D eigenvalue weighted by Crippen LogP contribution is -1.94. The fourth-order valence-electron chi connectivity index (χ4n) is 0.715. The Kier molecular flexibility index (Phi) is 15.9. The fraction of sp³-hybridized carbons (Fsp3) is 0.385. The second kappa shape index (κ2) is 14.4. The normalized spacial score (nSPS) is 10.6. The molecule has 0 heterocycles. The van der Waals surface area contributed by atoms with E-state index < -0.39 is 0 Å². The van der Waals surface area contributed by atoms with Gasteiger partial charge < -0.3 is 4.74 Å². The van der Waals surface area contributed by atoms with E-state index in [2.05, 4.69) is 13.2 Å². The molecule has 0 saturated heterocycles. The van der Waals surface area contributed by atoms with Crippen LogP contribution in [0.3, 0.4) is 0 Å². The molecule has 0 N–H and O–H groups in total. The molecule has 0 saturated carbocycles. The molecule has 80 valence electrons. The van der Waals surface area contributed by atoms with Gasteiger partial charge in [-0.15, -0.1) is 0 Å². The molecule has 0 radical (unpaired) electrons. The molecule has 0 fully saturated rings. The first kappa shape index (κ1) is 15.4. The zero-order valence-corrected chi connectivity index (χ0v) is 9.62. The molecule has 0 rings (SSSR count). The number of hydrogen-bond donors (Lipinski definition) is 0. The van der Waals surface area contributed by atoms with Crippen molar-refractivity contribution < 1.29 is 4.74 Å².